The number of anilines is 2. The summed E-state index contributed by atoms with van der Waals surface area (Å²) in [4.78, 5) is 14.2. The lowest BCUT2D eigenvalue weighted by atomic mass is 10.0. The second-order valence-corrected chi connectivity index (χ2v) is 4.69. The molecule has 21 heavy (non-hydrogen) atoms. The third-order valence-electron chi connectivity index (χ3n) is 3.33. The van der Waals surface area contributed by atoms with Gasteiger partial charge in [-0.2, -0.15) is 5.26 Å². The number of carbonyl (C=O) groups excluding carboxylic acids is 1. The van der Waals surface area contributed by atoms with Gasteiger partial charge in [0.2, 0.25) is 0 Å². The lowest BCUT2D eigenvalue weighted by Crippen LogP contribution is -2.20. The lowest BCUT2D eigenvalue weighted by Gasteiger charge is -2.26. The summed E-state index contributed by atoms with van der Waals surface area (Å²) >= 11 is 0. The minimum absolute atomic E-state index is 0.114. The first-order valence-corrected chi connectivity index (χ1v) is 7.09. The fourth-order valence-electron chi connectivity index (χ4n) is 2.29. The first-order valence-electron chi connectivity index (χ1n) is 7.09. The predicted molar refractivity (Wildman–Crippen MR) is 84.7 cm³/mol. The van der Waals surface area contributed by atoms with Crippen molar-refractivity contribution in [3.63, 3.8) is 0 Å². The quantitative estimate of drug-likeness (QED) is 0.739. The van der Waals surface area contributed by atoms with Crippen LogP contribution in [0.3, 0.4) is 0 Å². The maximum atomic E-state index is 12.2. The van der Waals surface area contributed by atoms with Crippen LogP contribution in [0.5, 0.6) is 0 Å². The van der Waals surface area contributed by atoms with Gasteiger partial charge in [-0.15, -0.1) is 0 Å². The van der Waals surface area contributed by atoms with Crippen LogP contribution in [0.25, 0.3) is 0 Å². The van der Waals surface area contributed by atoms with Crippen molar-refractivity contribution >= 4 is 17.2 Å². The molecule has 3 heteroatoms. The SMILES string of the molecule is CCC(=O)c1ccccc1N(CCC#N)c1ccccc1. The van der Waals surface area contributed by atoms with E-state index in [1.807, 2.05) is 66.4 Å². The summed E-state index contributed by atoms with van der Waals surface area (Å²) in [5.74, 6) is 0.114. The van der Waals surface area contributed by atoms with Crippen LogP contribution >= 0.6 is 0 Å². The minimum Gasteiger partial charge on any atom is -0.340 e. The van der Waals surface area contributed by atoms with E-state index in [1.54, 1.807) is 0 Å². The lowest BCUT2D eigenvalue weighted by molar-refractivity contribution is 0.0988. The van der Waals surface area contributed by atoms with Gasteiger partial charge in [-0.3, -0.25) is 4.79 Å². The highest BCUT2D eigenvalue weighted by Crippen LogP contribution is 2.29. The number of nitrogens with zero attached hydrogens (tertiary/aromatic N) is 2. The van der Waals surface area contributed by atoms with E-state index in [0.29, 0.717) is 24.9 Å². The third-order valence-corrected chi connectivity index (χ3v) is 3.33. The van der Waals surface area contributed by atoms with Crippen molar-refractivity contribution in [1.29, 1.82) is 5.26 Å². The molecular formula is C18H18N2O. The molecule has 0 saturated carbocycles. The standard InChI is InChI=1S/C18H18N2O/c1-2-18(21)16-11-6-7-12-17(16)20(14-8-13-19)15-9-4-3-5-10-15/h3-7,9-12H,2,8,14H2,1H3. The van der Waals surface area contributed by atoms with Crippen molar-refractivity contribution in [1.82, 2.24) is 0 Å². The van der Waals surface area contributed by atoms with Crippen LogP contribution in [0.1, 0.15) is 30.1 Å². The molecule has 2 aromatic carbocycles. The second-order valence-electron chi connectivity index (χ2n) is 4.69. The molecular weight excluding hydrogens is 260 g/mol. The molecule has 0 radical (unpaired) electrons. The highest BCUT2D eigenvalue weighted by Gasteiger charge is 2.16. The monoisotopic (exact) mass is 278 g/mol. The summed E-state index contributed by atoms with van der Waals surface area (Å²) in [6, 6.07) is 19.6. The van der Waals surface area contributed by atoms with Crippen LogP contribution in [-0.4, -0.2) is 12.3 Å². The third kappa shape index (κ3) is 3.49. The molecule has 0 fully saturated rings. The minimum atomic E-state index is 0.114. The molecule has 2 aromatic rings. The van der Waals surface area contributed by atoms with Crippen LogP contribution in [0, 0.1) is 11.3 Å². The molecule has 2 rings (SSSR count). The molecule has 3 nitrogen and oxygen atoms in total. The first kappa shape index (κ1) is 14.8. The first-order chi connectivity index (χ1) is 10.3. The van der Waals surface area contributed by atoms with Gasteiger partial charge in [0.05, 0.1) is 18.2 Å². The molecule has 106 valence electrons. The Bertz CT molecular complexity index is 644. The Kier molecular flexibility index (Phi) is 5.11. The molecule has 0 amide bonds. The summed E-state index contributed by atoms with van der Waals surface area (Å²) in [5, 5.41) is 8.89. The maximum absolute atomic E-state index is 12.2. The van der Waals surface area contributed by atoms with E-state index in [4.69, 9.17) is 5.26 Å². The zero-order valence-corrected chi connectivity index (χ0v) is 12.1. The number of ketones is 1. The van der Waals surface area contributed by atoms with Gasteiger partial charge < -0.3 is 4.90 Å². The number of benzene rings is 2. The second kappa shape index (κ2) is 7.25. The average molecular weight is 278 g/mol. The summed E-state index contributed by atoms with van der Waals surface area (Å²) in [7, 11) is 0. The molecule has 0 aromatic heterocycles. The van der Waals surface area contributed by atoms with Crippen LogP contribution in [0.2, 0.25) is 0 Å². The number of rotatable bonds is 6. The van der Waals surface area contributed by atoms with Crippen molar-refractivity contribution in [2.45, 2.75) is 19.8 Å². The summed E-state index contributed by atoms with van der Waals surface area (Å²) < 4.78 is 0. The van der Waals surface area contributed by atoms with Crippen LogP contribution in [0.15, 0.2) is 54.6 Å². The van der Waals surface area contributed by atoms with Gasteiger partial charge in [-0.25, -0.2) is 0 Å². The van der Waals surface area contributed by atoms with Gasteiger partial charge in [0.15, 0.2) is 5.78 Å². The van der Waals surface area contributed by atoms with E-state index in [9.17, 15) is 4.79 Å². The van der Waals surface area contributed by atoms with Crippen LogP contribution < -0.4 is 4.90 Å². The normalized spacial score (nSPS) is 9.90. The van der Waals surface area contributed by atoms with Gasteiger partial charge >= 0.3 is 0 Å². The average Bonchev–Trinajstić information content (AvgIpc) is 2.56. The molecule has 0 bridgehead atoms. The Morgan fingerprint density at radius 2 is 1.76 bits per heavy atom. The van der Waals surface area contributed by atoms with E-state index < -0.39 is 0 Å². The van der Waals surface area contributed by atoms with E-state index in [1.165, 1.54) is 0 Å². The van der Waals surface area contributed by atoms with Gasteiger partial charge in [-0.1, -0.05) is 37.3 Å². The maximum Gasteiger partial charge on any atom is 0.164 e. The predicted octanol–water partition coefficient (Wildman–Crippen LogP) is 4.33. The Labute approximate surface area is 125 Å². The van der Waals surface area contributed by atoms with Gasteiger partial charge in [0.25, 0.3) is 0 Å². The fourth-order valence-corrected chi connectivity index (χ4v) is 2.29. The molecule has 0 aliphatic heterocycles. The fraction of sp³-hybridized carbons (Fsp3) is 0.222. The molecule has 0 aliphatic rings. The number of para-hydroxylation sites is 2. The molecule has 0 N–H and O–H groups in total. The smallest absolute Gasteiger partial charge is 0.164 e. The van der Waals surface area contributed by atoms with Crippen LogP contribution in [-0.2, 0) is 0 Å². The Balaban J connectivity index is 2.47. The highest BCUT2D eigenvalue weighted by atomic mass is 16.1. The Morgan fingerprint density at radius 3 is 2.43 bits per heavy atom. The molecule has 0 unspecified atom stereocenters. The summed E-state index contributed by atoms with van der Waals surface area (Å²) in [6.07, 6.45) is 0.876. The molecule has 0 spiro atoms. The molecule has 0 saturated heterocycles. The van der Waals surface area contributed by atoms with Crippen molar-refractivity contribution in [2.75, 3.05) is 11.4 Å². The van der Waals surface area contributed by atoms with Crippen molar-refractivity contribution in [3.05, 3.63) is 60.2 Å². The number of hydrogen-bond acceptors (Lipinski definition) is 3. The van der Waals surface area contributed by atoms with Crippen molar-refractivity contribution < 1.29 is 4.79 Å². The van der Waals surface area contributed by atoms with Crippen molar-refractivity contribution in [3.8, 4) is 6.07 Å². The zero-order chi connectivity index (χ0) is 15.1. The zero-order valence-electron chi connectivity index (χ0n) is 12.1. The van der Waals surface area contributed by atoms with Crippen LogP contribution in [0.4, 0.5) is 11.4 Å². The van der Waals surface area contributed by atoms with Gasteiger partial charge in [-0.05, 0) is 24.3 Å². The highest BCUT2D eigenvalue weighted by molar-refractivity contribution is 6.01. The topological polar surface area (TPSA) is 44.1 Å². The van der Waals surface area contributed by atoms with E-state index in [0.717, 1.165) is 11.4 Å². The molecule has 0 aliphatic carbocycles. The number of hydrogen-bond donors (Lipinski definition) is 0. The Morgan fingerprint density at radius 1 is 1.10 bits per heavy atom. The molecule has 0 heterocycles. The Hall–Kier alpha value is -2.60. The number of Topliss-reactive ketones (excluding diaryl/α,β-unsaturated/α-hetero) is 1. The van der Waals surface area contributed by atoms with Crippen molar-refractivity contribution in [2.24, 2.45) is 0 Å². The van der Waals surface area contributed by atoms with E-state index in [2.05, 4.69) is 6.07 Å². The number of nitriles is 1. The summed E-state index contributed by atoms with van der Waals surface area (Å²) in [6.45, 7) is 2.43. The summed E-state index contributed by atoms with van der Waals surface area (Å²) in [5.41, 5.74) is 2.57. The van der Waals surface area contributed by atoms with E-state index >= 15 is 0 Å². The molecule has 0 atom stereocenters. The number of carbonyl (C=O) groups is 1. The van der Waals surface area contributed by atoms with E-state index in [-0.39, 0.29) is 5.78 Å². The van der Waals surface area contributed by atoms with Gasteiger partial charge in [0.1, 0.15) is 0 Å². The van der Waals surface area contributed by atoms with Gasteiger partial charge in [0, 0.05) is 24.2 Å². The largest absolute Gasteiger partial charge is 0.340 e.